The molecule has 2 rings (SSSR count). The number of aryl methyl sites for hydroxylation is 1. The van der Waals surface area contributed by atoms with Gasteiger partial charge in [-0.2, -0.15) is 5.10 Å². The van der Waals surface area contributed by atoms with Crippen molar-refractivity contribution in [2.75, 3.05) is 0 Å². The Balaban J connectivity index is 2.02. The van der Waals surface area contributed by atoms with Gasteiger partial charge in [-0.25, -0.2) is 10.8 Å². The van der Waals surface area contributed by atoms with Crippen LogP contribution in [0.25, 0.3) is 11.4 Å². The molecular formula is C11H12N6O4. The third kappa shape index (κ3) is 3.81. The minimum Gasteiger partial charge on any atom is -0.356 e. The molecule has 1 aromatic heterocycles. The van der Waals surface area contributed by atoms with Crippen molar-refractivity contribution < 1.29 is 14.6 Å². The summed E-state index contributed by atoms with van der Waals surface area (Å²) in [6.07, 6.45) is 1.53. The van der Waals surface area contributed by atoms with Crippen LogP contribution in [-0.2, 0) is 16.2 Å². The van der Waals surface area contributed by atoms with Gasteiger partial charge in [0.25, 0.3) is 5.69 Å². The Bertz CT molecular complexity index is 638. The topological polar surface area (TPSA) is 138 Å². The highest BCUT2D eigenvalue weighted by molar-refractivity contribution is 5.68. The second-order valence-corrected chi connectivity index (χ2v) is 3.98. The maximum atomic E-state index is 11.1. The average molecular weight is 292 g/mol. The Kier molecular flexibility index (Phi) is 4.53. The van der Waals surface area contributed by atoms with Crippen LogP contribution >= 0.6 is 0 Å². The summed E-state index contributed by atoms with van der Waals surface area (Å²) in [6.45, 7) is 0.278. The second kappa shape index (κ2) is 6.54. The monoisotopic (exact) mass is 292 g/mol. The third-order valence-electron chi connectivity index (χ3n) is 2.59. The fourth-order valence-electron chi connectivity index (χ4n) is 1.59. The molecule has 1 aromatic carbocycles. The molecule has 21 heavy (non-hydrogen) atoms. The number of hydrogen-bond acceptors (Lipinski definition) is 8. The van der Waals surface area contributed by atoms with Crippen molar-refractivity contribution in [1.29, 1.82) is 0 Å². The Morgan fingerprint density at radius 2 is 2.14 bits per heavy atom. The van der Waals surface area contributed by atoms with Crippen molar-refractivity contribution >= 4 is 11.7 Å². The number of benzene rings is 1. The number of hydrazine groups is 1. The number of nitrogens with two attached hydrogens (primary N) is 1. The smallest absolute Gasteiger partial charge is 0.328 e. The molecule has 110 valence electrons. The van der Waals surface area contributed by atoms with E-state index in [2.05, 4.69) is 14.9 Å². The molecule has 0 saturated heterocycles. The van der Waals surface area contributed by atoms with E-state index in [0.717, 1.165) is 0 Å². The number of nitro groups is 1. The van der Waals surface area contributed by atoms with Gasteiger partial charge in [0, 0.05) is 17.7 Å². The molecule has 0 radical (unpaired) electrons. The van der Waals surface area contributed by atoms with Crippen LogP contribution in [0, 0.1) is 10.1 Å². The molecule has 0 atom stereocenters. The zero-order chi connectivity index (χ0) is 15.2. The van der Waals surface area contributed by atoms with Crippen LogP contribution < -0.4 is 11.4 Å². The van der Waals surface area contributed by atoms with Gasteiger partial charge in [-0.1, -0.05) is 5.59 Å². The first kappa shape index (κ1) is 14.6. The Labute approximate surface area is 118 Å². The number of carbonyl (C=O) groups excluding carboxylic acids is 1. The molecule has 0 aliphatic carbocycles. The Morgan fingerprint density at radius 3 is 2.76 bits per heavy atom. The molecule has 0 amide bonds. The van der Waals surface area contributed by atoms with Gasteiger partial charge in [-0.15, -0.1) is 0 Å². The number of non-ortho nitro benzene ring substituents is 1. The fourth-order valence-corrected chi connectivity index (χ4v) is 1.59. The molecule has 3 N–H and O–H groups in total. The molecule has 2 aromatic rings. The number of aromatic nitrogens is 3. The van der Waals surface area contributed by atoms with E-state index >= 15 is 0 Å². The molecule has 0 aliphatic heterocycles. The summed E-state index contributed by atoms with van der Waals surface area (Å²) >= 11 is 0. The minimum atomic E-state index is -0.523. The quantitative estimate of drug-likeness (QED) is 0.436. The summed E-state index contributed by atoms with van der Waals surface area (Å²) in [4.78, 5) is 29.6. The number of nitro benzene ring substituents is 1. The van der Waals surface area contributed by atoms with Crippen LogP contribution in [0.2, 0.25) is 0 Å². The predicted octanol–water partition coefficient (Wildman–Crippen LogP) is 0.165. The van der Waals surface area contributed by atoms with Gasteiger partial charge < -0.3 is 4.84 Å². The summed E-state index contributed by atoms with van der Waals surface area (Å²) in [6, 6.07) is 5.87. The summed E-state index contributed by atoms with van der Waals surface area (Å²) in [5.41, 5.74) is 2.44. The average Bonchev–Trinajstić information content (AvgIpc) is 2.94. The summed E-state index contributed by atoms with van der Waals surface area (Å²) in [5, 5.41) is 14.7. The van der Waals surface area contributed by atoms with Crippen molar-refractivity contribution in [2.24, 2.45) is 5.84 Å². The predicted molar refractivity (Wildman–Crippen MR) is 70.1 cm³/mol. The first-order chi connectivity index (χ1) is 10.1. The second-order valence-electron chi connectivity index (χ2n) is 3.98. The van der Waals surface area contributed by atoms with Crippen molar-refractivity contribution in [3.05, 3.63) is 40.7 Å². The highest BCUT2D eigenvalue weighted by Gasteiger charge is 2.09. The standard InChI is InChI=1S/C11H12N6O4/c12-15-21-10(18)5-6-16-7-13-11(14-16)8-1-3-9(4-2-8)17(19)20/h1-4,7,15H,5-6,12H2. The van der Waals surface area contributed by atoms with Crippen molar-refractivity contribution in [3.63, 3.8) is 0 Å². The number of rotatable bonds is 6. The molecule has 0 aliphatic rings. The molecule has 10 nitrogen and oxygen atoms in total. The molecular weight excluding hydrogens is 280 g/mol. The lowest BCUT2D eigenvalue weighted by Gasteiger charge is -2.00. The van der Waals surface area contributed by atoms with E-state index in [1.54, 1.807) is 17.7 Å². The SMILES string of the molecule is NNOC(=O)CCn1cnc(-c2ccc([N+](=O)[O-])cc2)n1. The van der Waals surface area contributed by atoms with Gasteiger partial charge in [0.05, 0.1) is 17.9 Å². The van der Waals surface area contributed by atoms with E-state index in [9.17, 15) is 14.9 Å². The van der Waals surface area contributed by atoms with Gasteiger partial charge in [0.1, 0.15) is 6.33 Å². The van der Waals surface area contributed by atoms with Crippen LogP contribution in [0.4, 0.5) is 5.69 Å². The summed E-state index contributed by atoms with van der Waals surface area (Å²) < 4.78 is 1.47. The molecule has 10 heteroatoms. The Morgan fingerprint density at radius 1 is 1.43 bits per heavy atom. The normalized spacial score (nSPS) is 10.3. The van der Waals surface area contributed by atoms with Gasteiger partial charge in [-0.3, -0.25) is 19.6 Å². The van der Waals surface area contributed by atoms with Crippen molar-refractivity contribution in [3.8, 4) is 11.4 Å². The maximum absolute atomic E-state index is 11.1. The lowest BCUT2D eigenvalue weighted by Crippen LogP contribution is -2.26. The summed E-state index contributed by atoms with van der Waals surface area (Å²) in [7, 11) is 0. The zero-order valence-corrected chi connectivity index (χ0v) is 10.8. The minimum absolute atomic E-state index is 0.00443. The largest absolute Gasteiger partial charge is 0.356 e. The van der Waals surface area contributed by atoms with E-state index in [0.29, 0.717) is 11.4 Å². The number of nitrogens with zero attached hydrogens (tertiary/aromatic N) is 4. The fraction of sp³-hybridized carbons (Fsp3) is 0.182. The van der Waals surface area contributed by atoms with Crippen LogP contribution in [-0.4, -0.2) is 25.7 Å². The first-order valence-electron chi connectivity index (χ1n) is 5.89. The molecule has 0 fully saturated rings. The van der Waals surface area contributed by atoms with Gasteiger partial charge in [0.15, 0.2) is 5.82 Å². The van der Waals surface area contributed by atoms with Crippen LogP contribution in [0.3, 0.4) is 0 Å². The highest BCUT2D eigenvalue weighted by Crippen LogP contribution is 2.18. The highest BCUT2D eigenvalue weighted by atomic mass is 16.7. The molecule has 0 spiro atoms. The van der Waals surface area contributed by atoms with Gasteiger partial charge >= 0.3 is 5.97 Å². The van der Waals surface area contributed by atoms with Gasteiger partial charge in [0.2, 0.25) is 0 Å². The first-order valence-corrected chi connectivity index (χ1v) is 5.89. The number of nitrogens with one attached hydrogen (secondary N) is 1. The van der Waals surface area contributed by atoms with E-state index in [1.165, 1.54) is 23.1 Å². The summed E-state index contributed by atoms with van der Waals surface area (Å²) in [5.74, 6) is 4.73. The van der Waals surface area contributed by atoms with E-state index in [4.69, 9.17) is 5.84 Å². The molecule has 1 heterocycles. The molecule has 0 saturated carbocycles. The Hall–Kier alpha value is -2.85. The molecule has 0 unspecified atom stereocenters. The number of carbonyl (C=O) groups is 1. The van der Waals surface area contributed by atoms with Crippen molar-refractivity contribution in [2.45, 2.75) is 13.0 Å². The lowest BCUT2D eigenvalue weighted by molar-refractivity contribution is -0.384. The lowest BCUT2D eigenvalue weighted by atomic mass is 10.2. The third-order valence-corrected chi connectivity index (χ3v) is 2.59. The van der Waals surface area contributed by atoms with Crippen LogP contribution in [0.1, 0.15) is 6.42 Å². The maximum Gasteiger partial charge on any atom is 0.328 e. The van der Waals surface area contributed by atoms with Crippen molar-refractivity contribution in [1.82, 2.24) is 20.4 Å². The van der Waals surface area contributed by atoms with E-state index in [1.807, 2.05) is 0 Å². The van der Waals surface area contributed by atoms with Crippen LogP contribution in [0.15, 0.2) is 30.6 Å². The van der Waals surface area contributed by atoms with E-state index in [-0.39, 0.29) is 18.7 Å². The zero-order valence-electron chi connectivity index (χ0n) is 10.8. The van der Waals surface area contributed by atoms with Crippen LogP contribution in [0.5, 0.6) is 0 Å². The number of hydrogen-bond donors (Lipinski definition) is 2. The molecule has 0 bridgehead atoms. The van der Waals surface area contributed by atoms with Gasteiger partial charge in [-0.05, 0) is 12.1 Å². The van der Waals surface area contributed by atoms with E-state index < -0.39 is 10.9 Å².